The van der Waals surface area contributed by atoms with Gasteiger partial charge in [-0.3, -0.25) is 4.99 Å². The van der Waals surface area contributed by atoms with Crippen LogP contribution in [0.4, 0.5) is 11.4 Å². The molecule has 0 amide bonds. The van der Waals surface area contributed by atoms with Crippen molar-refractivity contribution in [2.75, 3.05) is 18.1 Å². The van der Waals surface area contributed by atoms with Crippen molar-refractivity contribution in [2.24, 2.45) is 4.99 Å². The number of benzene rings is 1. The van der Waals surface area contributed by atoms with E-state index in [9.17, 15) is 0 Å². The van der Waals surface area contributed by atoms with Crippen LogP contribution < -0.4 is 11.1 Å². The van der Waals surface area contributed by atoms with Gasteiger partial charge < -0.3 is 16.5 Å². The summed E-state index contributed by atoms with van der Waals surface area (Å²) < 4.78 is 0. The quantitative estimate of drug-likeness (QED) is 0.435. The van der Waals surface area contributed by atoms with E-state index in [1.807, 2.05) is 32.1 Å². The van der Waals surface area contributed by atoms with E-state index in [1.54, 1.807) is 7.05 Å². The first-order chi connectivity index (χ1) is 9.58. The van der Waals surface area contributed by atoms with E-state index < -0.39 is 0 Å². The monoisotopic (exact) mass is 272 g/mol. The molecule has 0 unspecified atom stereocenters. The molecule has 1 rings (SSSR count). The highest BCUT2D eigenvalue weighted by atomic mass is 15.0. The maximum Gasteiger partial charge on any atom is 0.127 e. The van der Waals surface area contributed by atoms with Gasteiger partial charge in [-0.2, -0.15) is 0 Å². The van der Waals surface area contributed by atoms with Gasteiger partial charge in [0.2, 0.25) is 0 Å². The maximum atomic E-state index is 7.57. The summed E-state index contributed by atoms with van der Waals surface area (Å²) in [6.07, 6.45) is 5.23. The zero-order chi connectivity index (χ0) is 15.1. The Morgan fingerprint density at radius 1 is 1.45 bits per heavy atom. The second-order valence-corrected chi connectivity index (χ2v) is 4.66. The Morgan fingerprint density at radius 3 is 2.65 bits per heavy atom. The largest absolute Gasteiger partial charge is 0.398 e. The predicted octanol–water partition coefficient (Wildman–Crippen LogP) is 3.63. The highest BCUT2D eigenvalue weighted by Gasteiger charge is 2.11. The Morgan fingerprint density at radius 2 is 2.15 bits per heavy atom. The van der Waals surface area contributed by atoms with Crippen molar-refractivity contribution in [3.8, 4) is 0 Å². The van der Waals surface area contributed by atoms with Crippen LogP contribution in [0.25, 0.3) is 0 Å². The predicted molar refractivity (Wildman–Crippen MR) is 89.1 cm³/mol. The minimum Gasteiger partial charge on any atom is -0.398 e. The number of nitrogens with zero attached hydrogens (tertiary/aromatic N) is 1. The molecule has 4 nitrogen and oxygen atoms in total. The highest BCUT2D eigenvalue weighted by molar-refractivity contribution is 6.08. The van der Waals surface area contributed by atoms with Crippen molar-refractivity contribution in [1.82, 2.24) is 0 Å². The van der Waals surface area contributed by atoms with Crippen molar-refractivity contribution in [1.29, 1.82) is 5.41 Å². The fraction of sp³-hybridized carbons (Fsp3) is 0.375. The van der Waals surface area contributed by atoms with Gasteiger partial charge in [-0.15, -0.1) is 0 Å². The molecule has 0 aromatic heterocycles. The van der Waals surface area contributed by atoms with Crippen LogP contribution >= 0.6 is 0 Å². The minimum absolute atomic E-state index is 0.645. The van der Waals surface area contributed by atoms with Gasteiger partial charge >= 0.3 is 0 Å². The lowest BCUT2D eigenvalue weighted by Crippen LogP contribution is -2.16. The lowest BCUT2D eigenvalue weighted by molar-refractivity contribution is 0.922. The second-order valence-electron chi connectivity index (χ2n) is 4.66. The molecule has 0 atom stereocenters. The van der Waals surface area contributed by atoms with E-state index in [4.69, 9.17) is 11.1 Å². The Hall–Kier alpha value is -2.10. The van der Waals surface area contributed by atoms with Gasteiger partial charge in [0.25, 0.3) is 0 Å². The fourth-order valence-corrected chi connectivity index (χ4v) is 2.08. The lowest BCUT2D eigenvalue weighted by Gasteiger charge is -2.17. The molecule has 0 heterocycles. The molecule has 1 aromatic carbocycles. The lowest BCUT2D eigenvalue weighted by atomic mass is 9.99. The molecule has 0 fully saturated rings. The van der Waals surface area contributed by atoms with Crippen LogP contribution in [0.1, 0.15) is 38.3 Å². The summed E-state index contributed by atoms with van der Waals surface area (Å²) in [6, 6.07) is 3.79. The van der Waals surface area contributed by atoms with E-state index in [-0.39, 0.29) is 0 Å². The third kappa shape index (κ3) is 3.47. The summed E-state index contributed by atoms with van der Waals surface area (Å²) in [6.45, 7) is 6.12. The van der Waals surface area contributed by atoms with E-state index in [2.05, 4.69) is 17.2 Å². The molecular formula is C16H24N4. The molecule has 0 spiro atoms. The molecule has 0 aliphatic heterocycles. The van der Waals surface area contributed by atoms with E-state index in [0.717, 1.165) is 41.1 Å². The molecule has 0 bridgehead atoms. The fourth-order valence-electron chi connectivity index (χ4n) is 2.08. The number of hydrogen-bond acceptors (Lipinski definition) is 3. The number of hydrogen-bond donors (Lipinski definition) is 3. The molecule has 0 saturated heterocycles. The van der Waals surface area contributed by atoms with Crippen molar-refractivity contribution in [3.05, 3.63) is 34.9 Å². The first kappa shape index (κ1) is 16.0. The van der Waals surface area contributed by atoms with Gasteiger partial charge in [-0.1, -0.05) is 19.4 Å². The van der Waals surface area contributed by atoms with Gasteiger partial charge in [-0.25, -0.2) is 0 Å². The third-order valence-corrected chi connectivity index (χ3v) is 3.32. The van der Waals surface area contributed by atoms with Crippen LogP contribution in [0.2, 0.25) is 0 Å². The molecule has 20 heavy (non-hydrogen) atoms. The first-order valence-corrected chi connectivity index (χ1v) is 6.87. The van der Waals surface area contributed by atoms with Gasteiger partial charge in [0.15, 0.2) is 0 Å². The van der Waals surface area contributed by atoms with Crippen molar-refractivity contribution in [2.45, 2.75) is 33.6 Å². The summed E-state index contributed by atoms with van der Waals surface area (Å²) >= 11 is 0. The Bertz CT molecular complexity index is 542. The Balaban J connectivity index is 3.27. The molecule has 0 radical (unpaired) electrons. The highest BCUT2D eigenvalue weighted by Crippen LogP contribution is 2.26. The summed E-state index contributed by atoms with van der Waals surface area (Å²) in [7, 11) is 1.77. The van der Waals surface area contributed by atoms with Crippen LogP contribution in [0, 0.1) is 5.41 Å². The van der Waals surface area contributed by atoms with Crippen molar-refractivity contribution >= 4 is 23.4 Å². The average Bonchev–Trinajstić information content (AvgIpc) is 2.46. The number of allylic oxidation sites excluding steroid dienone is 1. The second kappa shape index (κ2) is 7.48. The minimum atomic E-state index is 0.645. The van der Waals surface area contributed by atoms with Crippen molar-refractivity contribution in [3.63, 3.8) is 0 Å². The smallest absolute Gasteiger partial charge is 0.127 e. The number of nitrogen functional groups attached to an aromatic ring is 1. The van der Waals surface area contributed by atoms with Gasteiger partial charge in [0.1, 0.15) is 5.84 Å². The van der Waals surface area contributed by atoms with E-state index in [1.165, 1.54) is 6.21 Å². The average molecular weight is 272 g/mol. The van der Waals surface area contributed by atoms with E-state index >= 15 is 0 Å². The summed E-state index contributed by atoms with van der Waals surface area (Å²) in [5.41, 5.74) is 10.5. The molecule has 4 heteroatoms. The van der Waals surface area contributed by atoms with Gasteiger partial charge in [0, 0.05) is 30.2 Å². The van der Waals surface area contributed by atoms with Gasteiger partial charge in [0.05, 0.1) is 0 Å². The zero-order valence-electron chi connectivity index (χ0n) is 12.7. The molecular weight excluding hydrogens is 248 g/mol. The zero-order valence-corrected chi connectivity index (χ0v) is 12.7. The molecule has 108 valence electrons. The van der Waals surface area contributed by atoms with Crippen molar-refractivity contribution < 1.29 is 0 Å². The molecule has 0 aliphatic rings. The van der Waals surface area contributed by atoms with Crippen LogP contribution in [0.5, 0.6) is 0 Å². The third-order valence-electron chi connectivity index (χ3n) is 3.32. The Kier molecular flexibility index (Phi) is 5.97. The SMILES string of the molecule is C/C=C(/C)C(=NC)Nc1ccc(N)c(C=N)c1CCC. The van der Waals surface area contributed by atoms with E-state index in [0.29, 0.717) is 5.69 Å². The molecule has 0 saturated carbocycles. The number of anilines is 2. The molecule has 0 aliphatic carbocycles. The molecule has 1 aromatic rings. The standard InChI is InChI=1S/C16H24N4/c1-5-7-12-13(10-17)14(18)8-9-15(12)20-16(19-4)11(3)6-2/h6,8-10,17H,5,7,18H2,1-4H3,(H,19,20)/b11-6-,17-10?. The summed E-state index contributed by atoms with van der Waals surface area (Å²) in [4.78, 5) is 4.28. The topological polar surface area (TPSA) is 74.3 Å². The molecule has 4 N–H and O–H groups in total. The number of rotatable bonds is 5. The number of aliphatic imine (C=N–C) groups is 1. The normalized spacial score (nSPS) is 12.4. The van der Waals surface area contributed by atoms with Crippen LogP contribution in [-0.4, -0.2) is 19.1 Å². The number of nitrogens with two attached hydrogens (primary N) is 1. The summed E-state index contributed by atoms with van der Waals surface area (Å²) in [5.74, 6) is 0.838. The number of amidine groups is 1. The van der Waals surface area contributed by atoms with Crippen LogP contribution in [-0.2, 0) is 6.42 Å². The maximum absolute atomic E-state index is 7.57. The van der Waals surface area contributed by atoms with Crippen LogP contribution in [0.3, 0.4) is 0 Å². The first-order valence-electron chi connectivity index (χ1n) is 6.87. The van der Waals surface area contributed by atoms with Crippen LogP contribution in [0.15, 0.2) is 28.8 Å². The van der Waals surface area contributed by atoms with Gasteiger partial charge in [-0.05, 0) is 43.5 Å². The Labute approximate surface area is 121 Å². The number of nitrogens with one attached hydrogen (secondary N) is 2. The summed E-state index contributed by atoms with van der Waals surface area (Å²) in [5, 5.41) is 10.9.